The van der Waals surface area contributed by atoms with Crippen LogP contribution in [-0.2, 0) is 25.8 Å². The summed E-state index contributed by atoms with van der Waals surface area (Å²) >= 11 is 14.9. The maximum Gasteiger partial charge on any atom is 0.305 e. The van der Waals surface area contributed by atoms with E-state index in [1.165, 1.54) is 24.3 Å². The molecule has 5 rings (SSSR count). The lowest BCUT2D eigenvalue weighted by Crippen LogP contribution is -2.71. The Morgan fingerprint density at radius 3 is 2.89 bits per heavy atom. The summed E-state index contributed by atoms with van der Waals surface area (Å²) in [6.45, 7) is 0.150. The molecule has 5 heterocycles. The van der Waals surface area contributed by atoms with E-state index in [1.807, 2.05) is 0 Å². The third-order valence-electron chi connectivity index (χ3n) is 5.72. The number of oxime groups is 1. The number of pyridine rings is 1. The predicted octanol–water partition coefficient (Wildman–Crippen LogP) is 0.0269. The number of rotatable bonds is 7. The number of carboxylic acids is 1. The molecule has 2 amide bonds. The summed E-state index contributed by atoms with van der Waals surface area (Å²) in [5.41, 5.74) is 6.52. The number of carbonyl (C=O) groups is 3. The Kier molecular flexibility index (Phi) is 6.74. The number of amides is 2. The number of hydrogen-bond donors (Lipinski definition) is 2. The van der Waals surface area contributed by atoms with Crippen LogP contribution < -0.4 is 20.6 Å². The zero-order chi connectivity index (χ0) is 26.4. The molecule has 37 heavy (non-hydrogen) atoms. The first-order valence-corrected chi connectivity index (χ1v) is 13.2. The van der Waals surface area contributed by atoms with Crippen molar-refractivity contribution in [3.05, 3.63) is 57.0 Å². The maximum atomic E-state index is 13.0. The number of β-lactam (4-membered cyclic amide) rings is 1. The summed E-state index contributed by atoms with van der Waals surface area (Å²) in [5, 5.41) is 20.4. The summed E-state index contributed by atoms with van der Waals surface area (Å²) in [5.74, 6) is -2.51. The maximum absolute atomic E-state index is 13.0. The SMILES string of the molecule is CO/N=C(\C(=O)N[C@@H]1C(=O)N2C(C(=O)[O-])=C(Cn3cc[n+]4cc(Cl)cc(Cl)c34)CS[C@@H]12)c1csc(N)n1. The van der Waals surface area contributed by atoms with Crippen molar-refractivity contribution >= 4 is 80.6 Å². The average molecular weight is 582 g/mol. The molecule has 3 aromatic heterocycles. The fourth-order valence-corrected chi connectivity index (χ4v) is 6.67. The second-order valence-electron chi connectivity index (χ2n) is 7.96. The minimum atomic E-state index is -1.49. The molecule has 1 saturated heterocycles. The van der Waals surface area contributed by atoms with Gasteiger partial charge in [0.15, 0.2) is 10.8 Å². The van der Waals surface area contributed by atoms with E-state index in [0.717, 1.165) is 16.2 Å². The van der Waals surface area contributed by atoms with Crippen molar-refractivity contribution in [3.63, 3.8) is 0 Å². The van der Waals surface area contributed by atoms with Crippen LogP contribution >= 0.6 is 46.3 Å². The Balaban J connectivity index is 1.39. The number of nitrogens with one attached hydrogen (secondary N) is 1. The van der Waals surface area contributed by atoms with Crippen molar-refractivity contribution in [1.82, 2.24) is 19.8 Å². The standard InChI is InChI=1S/C21H17Cl2N7O5S2/c1-35-27-13(12-8-37-21(24)25-12)16(31)26-14-18(32)30-15(20(33)34)9(7-36-19(14)30)5-28-2-3-29-6-10(22)4-11(23)17(28)29/h2-4,6,8,14,19H,5,7H2,1H3,(H3-,24,25,26,31,33,34)/b27-13-/t14-,19+/m1/s1. The summed E-state index contributed by atoms with van der Waals surface area (Å²) in [6, 6.07) is 0.605. The number of imidazole rings is 1. The van der Waals surface area contributed by atoms with E-state index in [1.54, 1.807) is 33.6 Å². The van der Waals surface area contributed by atoms with Gasteiger partial charge in [0, 0.05) is 16.7 Å². The van der Waals surface area contributed by atoms with Crippen molar-refractivity contribution < 1.29 is 28.7 Å². The van der Waals surface area contributed by atoms with Crippen LogP contribution in [0.3, 0.4) is 0 Å². The van der Waals surface area contributed by atoms with Crippen LogP contribution in [0.1, 0.15) is 5.69 Å². The summed E-state index contributed by atoms with van der Waals surface area (Å²) in [7, 11) is 1.27. The molecule has 16 heteroatoms. The van der Waals surface area contributed by atoms with Gasteiger partial charge in [0.2, 0.25) is 0 Å². The van der Waals surface area contributed by atoms with Crippen molar-refractivity contribution in [3.8, 4) is 0 Å². The summed E-state index contributed by atoms with van der Waals surface area (Å²) < 4.78 is 3.48. The molecule has 2 atom stereocenters. The molecular weight excluding hydrogens is 565 g/mol. The second kappa shape index (κ2) is 9.85. The fourth-order valence-electron chi connectivity index (χ4n) is 4.19. The Bertz CT molecular complexity index is 1520. The smallest absolute Gasteiger partial charge is 0.305 e. The van der Waals surface area contributed by atoms with Crippen molar-refractivity contribution in [2.45, 2.75) is 18.0 Å². The van der Waals surface area contributed by atoms with Crippen LogP contribution in [0.4, 0.5) is 5.13 Å². The lowest BCUT2D eigenvalue weighted by atomic mass is 10.0. The lowest BCUT2D eigenvalue weighted by molar-refractivity contribution is -0.510. The number of hydrogen-bond acceptors (Lipinski definition) is 10. The summed E-state index contributed by atoms with van der Waals surface area (Å²) in [6.07, 6.45) is 5.14. The second-order valence-corrected chi connectivity index (χ2v) is 10.8. The zero-order valence-electron chi connectivity index (χ0n) is 18.9. The van der Waals surface area contributed by atoms with Gasteiger partial charge in [-0.2, -0.15) is 0 Å². The Morgan fingerprint density at radius 1 is 1.43 bits per heavy atom. The molecule has 2 aliphatic heterocycles. The minimum Gasteiger partial charge on any atom is -0.543 e. The molecule has 0 unspecified atom stereocenters. The molecule has 3 aromatic rings. The molecule has 0 bridgehead atoms. The fraction of sp³-hybridized carbons (Fsp3) is 0.238. The highest BCUT2D eigenvalue weighted by Crippen LogP contribution is 2.40. The molecule has 0 radical (unpaired) electrons. The molecular formula is C21H17Cl2N7O5S2. The van der Waals surface area contributed by atoms with Crippen LogP contribution in [-0.4, -0.2) is 62.2 Å². The first kappa shape index (κ1) is 25.3. The summed E-state index contributed by atoms with van der Waals surface area (Å²) in [4.78, 5) is 48.0. The number of nitrogens with zero attached hydrogens (tertiary/aromatic N) is 5. The van der Waals surface area contributed by atoms with E-state index in [4.69, 9.17) is 33.8 Å². The molecule has 12 nitrogen and oxygen atoms in total. The Labute approximate surface area is 227 Å². The lowest BCUT2D eigenvalue weighted by Gasteiger charge is -2.50. The van der Waals surface area contributed by atoms with Crippen molar-refractivity contribution in [2.24, 2.45) is 5.16 Å². The first-order chi connectivity index (χ1) is 17.7. The highest BCUT2D eigenvalue weighted by Gasteiger charge is 2.53. The molecule has 1 fully saturated rings. The molecule has 192 valence electrons. The average Bonchev–Trinajstić information content (AvgIpc) is 3.46. The van der Waals surface area contributed by atoms with Gasteiger partial charge >= 0.3 is 5.65 Å². The number of carbonyl (C=O) groups excluding carboxylic acids is 3. The van der Waals surface area contributed by atoms with Gasteiger partial charge in [-0.3, -0.25) is 14.5 Å². The molecule has 0 aromatic carbocycles. The number of carboxylic acid groups (broad SMARTS) is 1. The van der Waals surface area contributed by atoms with Crippen LogP contribution in [0.15, 0.2) is 46.5 Å². The number of thioether (sulfide) groups is 1. The predicted molar refractivity (Wildman–Crippen MR) is 135 cm³/mol. The van der Waals surface area contributed by atoms with Gasteiger partial charge in [-0.25, -0.2) is 14.0 Å². The van der Waals surface area contributed by atoms with Gasteiger partial charge in [0.1, 0.15) is 54.4 Å². The first-order valence-electron chi connectivity index (χ1n) is 10.6. The van der Waals surface area contributed by atoms with E-state index >= 15 is 0 Å². The number of halogens is 2. The van der Waals surface area contributed by atoms with Gasteiger partial charge in [0.25, 0.3) is 11.8 Å². The van der Waals surface area contributed by atoms with Crippen molar-refractivity contribution in [1.29, 1.82) is 0 Å². The minimum absolute atomic E-state index is 0.150. The number of anilines is 1. The van der Waals surface area contributed by atoms with Crippen LogP contribution in [0.25, 0.3) is 5.65 Å². The topological polar surface area (TPSA) is 159 Å². The van der Waals surface area contributed by atoms with Crippen LogP contribution in [0, 0.1) is 0 Å². The van der Waals surface area contributed by atoms with Gasteiger partial charge < -0.3 is 25.8 Å². The normalized spacial score (nSPS) is 19.6. The molecule has 3 N–H and O–H groups in total. The number of aliphatic carboxylic acids is 1. The largest absolute Gasteiger partial charge is 0.543 e. The molecule has 0 spiro atoms. The number of fused-ring (bicyclic) bond motifs is 2. The van der Waals surface area contributed by atoms with Crippen LogP contribution in [0.5, 0.6) is 0 Å². The van der Waals surface area contributed by atoms with Gasteiger partial charge in [-0.05, 0) is 6.07 Å². The number of nitrogen functional groups attached to an aromatic ring is 1. The van der Waals surface area contributed by atoms with E-state index in [2.05, 4.69) is 15.5 Å². The molecule has 0 saturated carbocycles. The number of nitrogens with two attached hydrogens (primary N) is 1. The third-order valence-corrected chi connectivity index (χ3v) is 8.21. The highest BCUT2D eigenvalue weighted by atomic mass is 35.5. The zero-order valence-corrected chi connectivity index (χ0v) is 22.0. The number of thiazole rings is 1. The quantitative estimate of drug-likeness (QED) is 0.171. The van der Waals surface area contributed by atoms with Gasteiger partial charge in [0.05, 0.1) is 16.7 Å². The number of aromatic nitrogens is 3. The highest BCUT2D eigenvalue weighted by molar-refractivity contribution is 8.00. The van der Waals surface area contributed by atoms with Gasteiger partial charge in [-0.1, -0.05) is 28.4 Å². The Hall–Kier alpha value is -3.33. The van der Waals surface area contributed by atoms with Crippen LogP contribution in [0.2, 0.25) is 10.0 Å². The molecule has 2 aliphatic rings. The van der Waals surface area contributed by atoms with Gasteiger partial charge in [-0.15, -0.1) is 23.1 Å². The monoisotopic (exact) mass is 581 g/mol. The third kappa shape index (κ3) is 4.50. The van der Waals surface area contributed by atoms with E-state index < -0.39 is 29.2 Å². The molecule has 0 aliphatic carbocycles. The van der Waals surface area contributed by atoms with E-state index in [9.17, 15) is 19.5 Å². The Morgan fingerprint density at radius 2 is 2.22 bits per heavy atom. The van der Waals surface area contributed by atoms with Crippen molar-refractivity contribution in [2.75, 3.05) is 18.6 Å². The van der Waals surface area contributed by atoms with E-state index in [0.29, 0.717) is 21.3 Å². The van der Waals surface area contributed by atoms with E-state index in [-0.39, 0.29) is 34.5 Å².